The summed E-state index contributed by atoms with van der Waals surface area (Å²) in [5.74, 6) is 0.996. The van der Waals surface area contributed by atoms with Crippen LogP contribution in [0.4, 0.5) is 5.82 Å². The molecule has 0 spiro atoms. The lowest BCUT2D eigenvalue weighted by molar-refractivity contribution is -0.128. The number of rotatable bonds is 3. The molecule has 26 heavy (non-hydrogen) atoms. The van der Waals surface area contributed by atoms with Crippen molar-refractivity contribution in [3.05, 3.63) is 17.6 Å². The van der Waals surface area contributed by atoms with Crippen LogP contribution < -0.4 is 10.2 Å². The number of piperidine rings is 1. The molecule has 0 aromatic carbocycles. The van der Waals surface area contributed by atoms with Crippen molar-refractivity contribution in [2.75, 3.05) is 31.6 Å². The highest BCUT2D eigenvalue weighted by Gasteiger charge is 2.33. The third kappa shape index (κ3) is 3.39. The Balaban J connectivity index is 1.33. The summed E-state index contributed by atoms with van der Waals surface area (Å²) in [5.41, 5.74) is 2.54. The number of aryl methyl sites for hydroxylation is 1. The Hall–Kier alpha value is -2.18. The van der Waals surface area contributed by atoms with E-state index in [1.807, 2.05) is 0 Å². The predicted octanol–water partition coefficient (Wildman–Crippen LogP) is 0.919. The van der Waals surface area contributed by atoms with E-state index in [4.69, 9.17) is 0 Å². The molecule has 7 heteroatoms. The first-order chi connectivity index (χ1) is 12.6. The molecule has 1 atom stereocenters. The number of amides is 2. The molecular weight excluding hydrogens is 330 g/mol. The molecule has 0 saturated carbocycles. The zero-order valence-electron chi connectivity index (χ0n) is 15.4. The van der Waals surface area contributed by atoms with Crippen LogP contribution in [0.3, 0.4) is 0 Å². The van der Waals surface area contributed by atoms with Gasteiger partial charge in [0.15, 0.2) is 0 Å². The van der Waals surface area contributed by atoms with Crippen LogP contribution in [0.15, 0.2) is 6.33 Å². The monoisotopic (exact) mass is 357 g/mol. The molecule has 2 saturated heterocycles. The van der Waals surface area contributed by atoms with Gasteiger partial charge in [0.25, 0.3) is 0 Å². The Kier molecular flexibility index (Phi) is 4.78. The molecule has 2 amide bonds. The maximum absolute atomic E-state index is 12.4. The van der Waals surface area contributed by atoms with Gasteiger partial charge in [-0.25, -0.2) is 9.97 Å². The first kappa shape index (κ1) is 17.2. The molecule has 3 heterocycles. The van der Waals surface area contributed by atoms with Crippen LogP contribution in [0, 0.1) is 5.92 Å². The number of nitrogens with one attached hydrogen (secondary N) is 1. The highest BCUT2D eigenvalue weighted by Crippen LogP contribution is 2.29. The van der Waals surface area contributed by atoms with E-state index >= 15 is 0 Å². The smallest absolute Gasteiger partial charge is 0.225 e. The van der Waals surface area contributed by atoms with Gasteiger partial charge in [0.1, 0.15) is 12.1 Å². The van der Waals surface area contributed by atoms with Gasteiger partial charge in [0.05, 0.1) is 5.92 Å². The molecule has 4 rings (SSSR count). The number of nitrogens with zero attached hydrogens (tertiary/aromatic N) is 4. The van der Waals surface area contributed by atoms with E-state index in [0.29, 0.717) is 13.0 Å². The van der Waals surface area contributed by atoms with E-state index in [1.165, 1.54) is 24.1 Å². The fourth-order valence-electron chi connectivity index (χ4n) is 4.37. The topological polar surface area (TPSA) is 78.4 Å². The minimum absolute atomic E-state index is 0.0283. The number of carbonyl (C=O) groups excluding carboxylic acids is 2. The third-order valence-corrected chi connectivity index (χ3v) is 5.95. The van der Waals surface area contributed by atoms with Crippen molar-refractivity contribution in [3.8, 4) is 0 Å². The predicted molar refractivity (Wildman–Crippen MR) is 97.8 cm³/mol. The number of hydrogen-bond donors (Lipinski definition) is 1. The number of fused-ring (bicyclic) bond motifs is 1. The number of aromatic nitrogens is 2. The zero-order chi connectivity index (χ0) is 18.1. The van der Waals surface area contributed by atoms with Crippen molar-refractivity contribution in [2.24, 2.45) is 5.92 Å². The summed E-state index contributed by atoms with van der Waals surface area (Å²) in [6.45, 7) is 2.34. The number of anilines is 1. The lowest BCUT2D eigenvalue weighted by atomic mass is 9.95. The Morgan fingerprint density at radius 3 is 2.69 bits per heavy atom. The van der Waals surface area contributed by atoms with Crippen molar-refractivity contribution in [1.29, 1.82) is 0 Å². The van der Waals surface area contributed by atoms with E-state index in [0.717, 1.165) is 44.6 Å². The molecule has 2 aliphatic heterocycles. The van der Waals surface area contributed by atoms with Gasteiger partial charge >= 0.3 is 0 Å². The Morgan fingerprint density at radius 1 is 1.19 bits per heavy atom. The number of carbonyl (C=O) groups is 2. The van der Waals surface area contributed by atoms with Crippen LogP contribution in [0.5, 0.6) is 0 Å². The van der Waals surface area contributed by atoms with Crippen molar-refractivity contribution in [3.63, 3.8) is 0 Å². The molecule has 7 nitrogen and oxygen atoms in total. The van der Waals surface area contributed by atoms with Gasteiger partial charge in [0.2, 0.25) is 11.8 Å². The fourth-order valence-corrected chi connectivity index (χ4v) is 4.37. The Labute approximate surface area is 154 Å². The maximum Gasteiger partial charge on any atom is 0.225 e. The molecule has 3 aliphatic rings. The summed E-state index contributed by atoms with van der Waals surface area (Å²) >= 11 is 0. The standard InChI is InChI=1S/C19H27N5O2/c1-23-11-13(10-17(23)25)19(26)22-14-6-8-24(9-7-14)18-15-4-2-3-5-16(15)20-12-21-18/h12-14H,2-11H2,1H3,(H,22,26). The zero-order valence-corrected chi connectivity index (χ0v) is 15.4. The van der Waals surface area contributed by atoms with Gasteiger partial charge in [-0.05, 0) is 38.5 Å². The second kappa shape index (κ2) is 7.21. The van der Waals surface area contributed by atoms with Gasteiger partial charge in [-0.15, -0.1) is 0 Å². The lowest BCUT2D eigenvalue weighted by Crippen LogP contribution is -2.47. The summed E-state index contributed by atoms with van der Waals surface area (Å²) in [7, 11) is 1.76. The molecule has 0 bridgehead atoms. The summed E-state index contributed by atoms with van der Waals surface area (Å²) < 4.78 is 0. The van der Waals surface area contributed by atoms with Crippen molar-refractivity contribution in [1.82, 2.24) is 20.2 Å². The average molecular weight is 357 g/mol. The molecule has 1 N–H and O–H groups in total. The van der Waals surface area contributed by atoms with Crippen LogP contribution in [0.25, 0.3) is 0 Å². The highest BCUT2D eigenvalue weighted by atomic mass is 16.2. The van der Waals surface area contributed by atoms with Gasteiger partial charge in [-0.1, -0.05) is 0 Å². The molecule has 1 unspecified atom stereocenters. The van der Waals surface area contributed by atoms with E-state index < -0.39 is 0 Å². The van der Waals surface area contributed by atoms with Gasteiger partial charge in [-0.2, -0.15) is 0 Å². The van der Waals surface area contributed by atoms with Crippen molar-refractivity contribution >= 4 is 17.6 Å². The minimum Gasteiger partial charge on any atom is -0.356 e. The number of likely N-dealkylation sites (tertiary alicyclic amines) is 1. The molecule has 1 aromatic rings. The maximum atomic E-state index is 12.4. The van der Waals surface area contributed by atoms with Gasteiger partial charge in [-0.3, -0.25) is 9.59 Å². The normalized spacial score (nSPS) is 23.9. The first-order valence-electron chi connectivity index (χ1n) is 9.74. The van der Waals surface area contributed by atoms with Crippen LogP contribution >= 0.6 is 0 Å². The van der Waals surface area contributed by atoms with E-state index in [2.05, 4.69) is 20.2 Å². The fraction of sp³-hybridized carbons (Fsp3) is 0.684. The summed E-state index contributed by atoms with van der Waals surface area (Å²) in [5, 5.41) is 3.16. The molecule has 1 aromatic heterocycles. The third-order valence-electron chi connectivity index (χ3n) is 5.95. The molecular formula is C19H27N5O2. The van der Waals surface area contributed by atoms with Gasteiger partial charge in [0, 0.05) is 50.4 Å². The van der Waals surface area contributed by atoms with Gasteiger partial charge < -0.3 is 15.1 Å². The van der Waals surface area contributed by atoms with E-state index in [9.17, 15) is 9.59 Å². The second-order valence-corrected chi connectivity index (χ2v) is 7.77. The first-order valence-corrected chi connectivity index (χ1v) is 9.74. The number of hydrogen-bond acceptors (Lipinski definition) is 5. The van der Waals surface area contributed by atoms with Crippen LogP contribution in [0.2, 0.25) is 0 Å². The molecule has 2 fully saturated rings. The van der Waals surface area contributed by atoms with Crippen LogP contribution in [0.1, 0.15) is 43.4 Å². The van der Waals surface area contributed by atoms with Crippen molar-refractivity contribution < 1.29 is 9.59 Å². The van der Waals surface area contributed by atoms with Crippen LogP contribution in [-0.4, -0.2) is 59.4 Å². The average Bonchev–Trinajstić information content (AvgIpc) is 3.01. The largest absolute Gasteiger partial charge is 0.356 e. The lowest BCUT2D eigenvalue weighted by Gasteiger charge is -2.35. The molecule has 0 radical (unpaired) electrons. The summed E-state index contributed by atoms with van der Waals surface area (Å²) in [4.78, 5) is 37.1. The van der Waals surface area contributed by atoms with E-state index in [-0.39, 0.29) is 23.8 Å². The Morgan fingerprint density at radius 2 is 1.96 bits per heavy atom. The quantitative estimate of drug-likeness (QED) is 0.870. The van der Waals surface area contributed by atoms with Crippen LogP contribution in [-0.2, 0) is 22.4 Å². The SMILES string of the molecule is CN1CC(C(=O)NC2CCN(c3ncnc4c3CCCC4)CC2)CC1=O. The highest BCUT2D eigenvalue weighted by molar-refractivity contribution is 5.89. The summed E-state index contributed by atoms with van der Waals surface area (Å²) in [6.07, 6.45) is 8.44. The molecule has 1 aliphatic carbocycles. The summed E-state index contributed by atoms with van der Waals surface area (Å²) in [6, 6.07) is 0.192. The molecule has 140 valence electrons. The Bertz CT molecular complexity index is 699. The van der Waals surface area contributed by atoms with E-state index in [1.54, 1.807) is 18.3 Å². The van der Waals surface area contributed by atoms with Crippen molar-refractivity contribution in [2.45, 2.75) is 51.0 Å². The minimum atomic E-state index is -0.195. The second-order valence-electron chi connectivity index (χ2n) is 7.77.